The highest BCUT2D eigenvalue weighted by Gasteiger charge is 2.02. The number of hydrogen-bond acceptors (Lipinski definition) is 4. The van der Waals surface area contributed by atoms with Gasteiger partial charge in [0.25, 0.3) is 0 Å². The SMILES string of the molecule is N#CCOc1ccc(Br)cc1/C=N\Nc1ccc(Br)cc1. The molecule has 2 aromatic carbocycles. The number of nitrogens with zero attached hydrogens (tertiary/aromatic N) is 2. The summed E-state index contributed by atoms with van der Waals surface area (Å²) in [5, 5.41) is 12.8. The van der Waals surface area contributed by atoms with Gasteiger partial charge in [0, 0.05) is 14.5 Å². The highest BCUT2D eigenvalue weighted by atomic mass is 79.9. The van der Waals surface area contributed by atoms with E-state index in [4.69, 9.17) is 10.00 Å². The Morgan fingerprint density at radius 2 is 1.86 bits per heavy atom. The van der Waals surface area contributed by atoms with Crippen molar-refractivity contribution in [2.45, 2.75) is 0 Å². The largest absolute Gasteiger partial charge is 0.478 e. The second-order valence-corrected chi connectivity index (χ2v) is 5.84. The zero-order chi connectivity index (χ0) is 15.1. The Bertz CT molecular complexity index is 678. The van der Waals surface area contributed by atoms with Crippen LogP contribution in [0.3, 0.4) is 0 Å². The third-order valence-corrected chi connectivity index (χ3v) is 3.53. The van der Waals surface area contributed by atoms with Crippen LogP contribution in [0.5, 0.6) is 5.75 Å². The van der Waals surface area contributed by atoms with Gasteiger partial charge in [0.05, 0.1) is 11.9 Å². The van der Waals surface area contributed by atoms with Gasteiger partial charge in [0.2, 0.25) is 0 Å². The third kappa shape index (κ3) is 4.88. The van der Waals surface area contributed by atoms with Gasteiger partial charge in [-0.15, -0.1) is 0 Å². The molecule has 2 rings (SSSR count). The van der Waals surface area contributed by atoms with E-state index in [9.17, 15) is 0 Å². The van der Waals surface area contributed by atoms with Crippen LogP contribution >= 0.6 is 31.9 Å². The van der Waals surface area contributed by atoms with Gasteiger partial charge >= 0.3 is 0 Å². The summed E-state index contributed by atoms with van der Waals surface area (Å²) in [6.45, 7) is 0.00259. The lowest BCUT2D eigenvalue weighted by Crippen LogP contribution is -1.98. The fourth-order valence-corrected chi connectivity index (χ4v) is 2.21. The van der Waals surface area contributed by atoms with Gasteiger partial charge in [-0.05, 0) is 42.5 Å². The number of hydrazone groups is 1. The monoisotopic (exact) mass is 407 g/mol. The maximum Gasteiger partial charge on any atom is 0.174 e. The molecule has 0 bridgehead atoms. The normalized spacial score (nSPS) is 10.3. The summed E-state index contributed by atoms with van der Waals surface area (Å²) in [7, 11) is 0. The Balaban J connectivity index is 2.10. The lowest BCUT2D eigenvalue weighted by atomic mass is 10.2. The number of anilines is 1. The van der Waals surface area contributed by atoms with Crippen molar-refractivity contribution in [3.8, 4) is 11.8 Å². The molecule has 21 heavy (non-hydrogen) atoms. The predicted octanol–water partition coefficient (Wildman–Crippen LogP) is 4.56. The Morgan fingerprint density at radius 1 is 1.14 bits per heavy atom. The first-order valence-corrected chi connectivity index (χ1v) is 7.61. The van der Waals surface area contributed by atoms with Crippen molar-refractivity contribution in [2.75, 3.05) is 12.0 Å². The smallest absolute Gasteiger partial charge is 0.174 e. The van der Waals surface area contributed by atoms with Crippen molar-refractivity contribution >= 4 is 43.8 Å². The Kier molecular flexibility index (Phi) is 5.78. The zero-order valence-electron chi connectivity index (χ0n) is 10.9. The van der Waals surface area contributed by atoms with Crippen LogP contribution < -0.4 is 10.2 Å². The van der Waals surface area contributed by atoms with Crippen molar-refractivity contribution in [2.24, 2.45) is 5.10 Å². The molecule has 1 N–H and O–H groups in total. The first kappa shape index (κ1) is 15.5. The van der Waals surface area contributed by atoms with E-state index in [1.54, 1.807) is 12.3 Å². The molecule has 0 aliphatic heterocycles. The number of hydrogen-bond donors (Lipinski definition) is 1. The molecule has 6 heteroatoms. The molecule has 0 aliphatic rings. The maximum atomic E-state index is 8.59. The quantitative estimate of drug-likeness (QED) is 0.582. The van der Waals surface area contributed by atoms with Gasteiger partial charge in [-0.25, -0.2) is 0 Å². The topological polar surface area (TPSA) is 57.4 Å². The van der Waals surface area contributed by atoms with E-state index in [1.165, 1.54) is 0 Å². The summed E-state index contributed by atoms with van der Waals surface area (Å²) in [5.41, 5.74) is 4.60. The fourth-order valence-electron chi connectivity index (χ4n) is 1.56. The van der Waals surface area contributed by atoms with Crippen molar-refractivity contribution in [1.82, 2.24) is 0 Å². The van der Waals surface area contributed by atoms with Crippen molar-refractivity contribution in [3.63, 3.8) is 0 Å². The summed E-state index contributed by atoms with van der Waals surface area (Å²) in [6, 6.07) is 15.2. The highest BCUT2D eigenvalue weighted by molar-refractivity contribution is 9.10. The van der Waals surface area contributed by atoms with Crippen molar-refractivity contribution in [1.29, 1.82) is 5.26 Å². The van der Waals surface area contributed by atoms with Crippen LogP contribution in [0, 0.1) is 11.3 Å². The van der Waals surface area contributed by atoms with E-state index in [0.29, 0.717) is 5.75 Å². The molecule has 0 radical (unpaired) electrons. The highest BCUT2D eigenvalue weighted by Crippen LogP contribution is 2.22. The first-order valence-electron chi connectivity index (χ1n) is 6.03. The summed E-state index contributed by atoms with van der Waals surface area (Å²) >= 11 is 6.78. The molecule has 0 amide bonds. The van der Waals surface area contributed by atoms with Crippen LogP contribution in [0.25, 0.3) is 0 Å². The molecule has 0 spiro atoms. The molecule has 0 aliphatic carbocycles. The molecule has 106 valence electrons. The molecule has 0 saturated heterocycles. The summed E-state index contributed by atoms with van der Waals surface area (Å²) in [6.07, 6.45) is 1.65. The molecule has 0 fully saturated rings. The maximum absolute atomic E-state index is 8.59. The number of rotatable bonds is 5. The van der Waals surface area contributed by atoms with E-state index < -0.39 is 0 Å². The average molecular weight is 409 g/mol. The summed E-state index contributed by atoms with van der Waals surface area (Å²) in [5.74, 6) is 0.612. The molecule has 0 unspecified atom stereocenters. The van der Waals surface area contributed by atoms with Crippen molar-refractivity contribution in [3.05, 3.63) is 57.0 Å². The van der Waals surface area contributed by atoms with Gasteiger partial charge < -0.3 is 4.74 Å². The van der Waals surface area contributed by atoms with Gasteiger partial charge in [0.15, 0.2) is 6.61 Å². The number of nitrogens with one attached hydrogen (secondary N) is 1. The van der Waals surface area contributed by atoms with Gasteiger partial charge in [-0.2, -0.15) is 10.4 Å². The van der Waals surface area contributed by atoms with E-state index in [1.807, 2.05) is 42.5 Å². The Hall–Kier alpha value is -1.84. The van der Waals surface area contributed by atoms with E-state index >= 15 is 0 Å². The van der Waals surface area contributed by atoms with Gasteiger partial charge in [-0.1, -0.05) is 31.9 Å². The Morgan fingerprint density at radius 3 is 2.57 bits per heavy atom. The minimum absolute atomic E-state index is 0.00259. The molecule has 0 saturated carbocycles. The average Bonchev–Trinajstić information content (AvgIpc) is 2.48. The van der Waals surface area contributed by atoms with E-state index in [0.717, 1.165) is 20.2 Å². The lowest BCUT2D eigenvalue weighted by molar-refractivity contribution is 0.367. The number of benzene rings is 2. The minimum Gasteiger partial charge on any atom is -0.478 e. The number of nitriles is 1. The molecular weight excluding hydrogens is 398 g/mol. The van der Waals surface area contributed by atoms with Crippen LogP contribution in [0.1, 0.15) is 5.56 Å². The van der Waals surface area contributed by atoms with Crippen LogP contribution in [0.15, 0.2) is 56.5 Å². The molecule has 0 atom stereocenters. The third-order valence-electron chi connectivity index (χ3n) is 2.51. The second kappa shape index (κ2) is 7.81. The van der Waals surface area contributed by atoms with Crippen LogP contribution in [0.4, 0.5) is 5.69 Å². The second-order valence-electron chi connectivity index (χ2n) is 4.01. The van der Waals surface area contributed by atoms with Crippen LogP contribution in [-0.2, 0) is 0 Å². The molecule has 4 nitrogen and oxygen atoms in total. The number of halogens is 2. The molecule has 0 aromatic heterocycles. The minimum atomic E-state index is 0.00259. The summed E-state index contributed by atoms with van der Waals surface area (Å²) < 4.78 is 7.28. The van der Waals surface area contributed by atoms with Gasteiger partial charge in [0.1, 0.15) is 11.8 Å². The predicted molar refractivity (Wildman–Crippen MR) is 90.6 cm³/mol. The summed E-state index contributed by atoms with van der Waals surface area (Å²) in [4.78, 5) is 0. The number of ether oxygens (including phenoxy) is 1. The van der Waals surface area contributed by atoms with E-state index in [-0.39, 0.29) is 6.61 Å². The molecule has 0 heterocycles. The molecule has 2 aromatic rings. The molecular formula is C15H11Br2N3O. The van der Waals surface area contributed by atoms with Crippen molar-refractivity contribution < 1.29 is 4.74 Å². The fraction of sp³-hybridized carbons (Fsp3) is 0.0667. The first-order chi connectivity index (χ1) is 10.2. The van der Waals surface area contributed by atoms with Crippen LogP contribution in [0.2, 0.25) is 0 Å². The standard InChI is InChI=1S/C15H11Br2N3O/c16-12-1-4-14(5-2-12)20-19-10-11-9-13(17)3-6-15(11)21-8-7-18/h1-6,9-10,20H,8H2/b19-10-. The Labute approximate surface area is 139 Å². The van der Waals surface area contributed by atoms with E-state index in [2.05, 4.69) is 42.4 Å². The lowest BCUT2D eigenvalue weighted by Gasteiger charge is -2.06. The van der Waals surface area contributed by atoms with Crippen LogP contribution in [-0.4, -0.2) is 12.8 Å². The van der Waals surface area contributed by atoms with Gasteiger partial charge in [-0.3, -0.25) is 5.43 Å². The zero-order valence-corrected chi connectivity index (χ0v) is 14.1.